The fourth-order valence-electron chi connectivity index (χ4n) is 1.48. The molecule has 0 amide bonds. The van der Waals surface area contributed by atoms with E-state index in [1.807, 2.05) is 0 Å². The Balaban J connectivity index is 2.16. The molecule has 0 unspecified atom stereocenters. The Morgan fingerprint density at radius 3 is 2.43 bits per heavy atom. The fourth-order valence-corrected chi connectivity index (χ4v) is 2.59. The van der Waals surface area contributed by atoms with Crippen LogP contribution in [0.3, 0.4) is 0 Å². The van der Waals surface area contributed by atoms with Gasteiger partial charge in [-0.2, -0.15) is 0 Å². The Hall–Kier alpha value is -1.63. The molecule has 8 heteroatoms. The van der Waals surface area contributed by atoms with E-state index >= 15 is 0 Å². The molecular weight excluding hydrogens is 333 g/mol. The van der Waals surface area contributed by atoms with Crippen LogP contribution in [0.2, 0.25) is 10.2 Å². The predicted octanol–water partition coefficient (Wildman–Crippen LogP) is 3.50. The second kappa shape index (κ2) is 6.43. The zero-order valence-corrected chi connectivity index (χ0v) is 13.2. The van der Waals surface area contributed by atoms with Crippen LogP contribution in [0, 0.1) is 6.92 Å². The molecule has 0 saturated heterocycles. The third kappa shape index (κ3) is 5.00. The van der Waals surface area contributed by atoms with Crippen molar-refractivity contribution in [1.82, 2.24) is 9.97 Å². The van der Waals surface area contributed by atoms with Crippen molar-refractivity contribution in [3.63, 3.8) is 0 Å². The van der Waals surface area contributed by atoms with Crippen LogP contribution in [0.4, 0.5) is 5.95 Å². The van der Waals surface area contributed by atoms with Crippen LogP contribution in [-0.4, -0.2) is 18.4 Å². The highest BCUT2D eigenvalue weighted by atomic mass is 35.5. The maximum atomic E-state index is 11.9. The maximum absolute atomic E-state index is 11.9. The van der Waals surface area contributed by atoms with Gasteiger partial charge in [-0.3, -0.25) is 0 Å². The van der Waals surface area contributed by atoms with E-state index in [0.29, 0.717) is 16.3 Å². The van der Waals surface area contributed by atoms with Crippen LogP contribution in [0.25, 0.3) is 6.08 Å². The fraction of sp³-hybridized carbons (Fsp3) is 0.0769. The second-order valence-corrected chi connectivity index (χ2v) is 6.55. The van der Waals surface area contributed by atoms with Gasteiger partial charge >= 0.3 is 0 Å². The quantitative estimate of drug-likeness (QED) is 0.862. The van der Waals surface area contributed by atoms with E-state index in [1.165, 1.54) is 12.1 Å². The third-order valence-electron chi connectivity index (χ3n) is 2.37. The van der Waals surface area contributed by atoms with Crippen molar-refractivity contribution in [2.24, 2.45) is 0 Å². The summed E-state index contributed by atoms with van der Waals surface area (Å²) in [5.41, 5.74) is 1.27. The summed E-state index contributed by atoms with van der Waals surface area (Å²) in [4.78, 5) is 7.75. The summed E-state index contributed by atoms with van der Waals surface area (Å²) in [5.74, 6) is -0.0687. The zero-order chi connectivity index (χ0) is 15.5. The first-order valence-corrected chi connectivity index (χ1v) is 8.12. The van der Waals surface area contributed by atoms with Gasteiger partial charge in [0.1, 0.15) is 5.15 Å². The van der Waals surface area contributed by atoms with Crippen molar-refractivity contribution < 1.29 is 8.42 Å². The number of anilines is 1. The number of rotatable bonds is 4. The smallest absolute Gasteiger partial charge is 0.248 e. The van der Waals surface area contributed by atoms with Gasteiger partial charge in [-0.15, -0.1) is 0 Å². The molecule has 0 aliphatic carbocycles. The average molecular weight is 344 g/mol. The van der Waals surface area contributed by atoms with Crippen molar-refractivity contribution in [3.05, 3.63) is 57.2 Å². The summed E-state index contributed by atoms with van der Waals surface area (Å²) in [7, 11) is -3.72. The summed E-state index contributed by atoms with van der Waals surface area (Å²) in [6.07, 6.45) is 1.44. The number of aromatic nitrogens is 2. The lowest BCUT2D eigenvalue weighted by molar-refractivity contribution is 0.609. The lowest BCUT2D eigenvalue weighted by Gasteiger charge is -2.04. The van der Waals surface area contributed by atoms with Crippen molar-refractivity contribution in [1.29, 1.82) is 0 Å². The molecule has 0 radical (unpaired) electrons. The van der Waals surface area contributed by atoms with E-state index in [0.717, 1.165) is 5.41 Å². The number of sulfonamides is 1. The molecule has 2 rings (SSSR count). The van der Waals surface area contributed by atoms with E-state index in [2.05, 4.69) is 14.7 Å². The monoisotopic (exact) mass is 343 g/mol. The van der Waals surface area contributed by atoms with Gasteiger partial charge in [0.15, 0.2) is 0 Å². The Morgan fingerprint density at radius 1 is 1.14 bits per heavy atom. The van der Waals surface area contributed by atoms with E-state index in [9.17, 15) is 8.42 Å². The first-order chi connectivity index (χ1) is 9.84. The third-order valence-corrected chi connectivity index (χ3v) is 3.77. The van der Waals surface area contributed by atoms with Crippen LogP contribution in [0.15, 0.2) is 35.7 Å². The Morgan fingerprint density at radius 2 is 1.81 bits per heavy atom. The van der Waals surface area contributed by atoms with Crippen molar-refractivity contribution in [2.75, 3.05) is 4.72 Å². The molecule has 0 atom stereocenters. The number of nitrogens with one attached hydrogen (secondary N) is 1. The SMILES string of the molecule is Cc1cc(Cl)nc(NS(=O)(=O)/C=C/c2ccc(Cl)cc2)n1. The molecule has 1 aromatic heterocycles. The molecule has 21 heavy (non-hydrogen) atoms. The van der Waals surface area contributed by atoms with Gasteiger partial charge in [-0.1, -0.05) is 35.3 Å². The lowest BCUT2D eigenvalue weighted by Crippen LogP contribution is -2.12. The minimum absolute atomic E-state index is 0.0687. The van der Waals surface area contributed by atoms with Crippen LogP contribution in [-0.2, 0) is 10.0 Å². The van der Waals surface area contributed by atoms with Gasteiger partial charge < -0.3 is 0 Å². The number of hydrogen-bond acceptors (Lipinski definition) is 4. The van der Waals surface area contributed by atoms with Crippen LogP contribution < -0.4 is 4.72 Å². The number of halogens is 2. The summed E-state index contributed by atoms with van der Waals surface area (Å²) in [6.45, 7) is 1.69. The van der Waals surface area contributed by atoms with E-state index in [1.54, 1.807) is 31.2 Å². The number of benzene rings is 1. The van der Waals surface area contributed by atoms with Gasteiger partial charge in [0.2, 0.25) is 5.95 Å². The summed E-state index contributed by atoms with van der Waals surface area (Å²) in [6, 6.07) is 8.28. The van der Waals surface area contributed by atoms with Crippen LogP contribution in [0.5, 0.6) is 0 Å². The molecule has 0 bridgehead atoms. The van der Waals surface area contributed by atoms with Gasteiger partial charge in [0, 0.05) is 10.7 Å². The summed E-state index contributed by atoms with van der Waals surface area (Å²) < 4.78 is 26.1. The Kier molecular flexibility index (Phi) is 4.82. The summed E-state index contributed by atoms with van der Waals surface area (Å²) in [5, 5.41) is 1.77. The van der Waals surface area contributed by atoms with Gasteiger partial charge in [0.05, 0.1) is 5.41 Å². The highest BCUT2D eigenvalue weighted by Gasteiger charge is 2.09. The standard InChI is InChI=1S/C13H11Cl2N3O2S/c1-9-8-12(15)17-13(16-9)18-21(19,20)7-6-10-2-4-11(14)5-3-10/h2-8H,1H3,(H,16,17,18)/b7-6+. The Labute approximate surface area is 132 Å². The average Bonchev–Trinajstić information content (AvgIpc) is 2.36. The normalized spacial score (nSPS) is 11.8. The highest BCUT2D eigenvalue weighted by molar-refractivity contribution is 7.95. The molecule has 2 aromatic rings. The maximum Gasteiger partial charge on any atom is 0.257 e. The molecule has 110 valence electrons. The molecule has 1 heterocycles. The second-order valence-electron chi connectivity index (χ2n) is 4.16. The number of hydrogen-bond donors (Lipinski definition) is 1. The highest BCUT2D eigenvalue weighted by Crippen LogP contribution is 2.13. The van der Waals surface area contributed by atoms with Gasteiger partial charge in [-0.25, -0.2) is 23.1 Å². The molecule has 0 fully saturated rings. The Bertz CT molecular complexity index is 754. The molecule has 0 aliphatic rings. The van der Waals surface area contributed by atoms with Crippen LogP contribution >= 0.6 is 23.2 Å². The minimum atomic E-state index is -3.72. The van der Waals surface area contributed by atoms with E-state index in [-0.39, 0.29) is 11.1 Å². The molecule has 5 nitrogen and oxygen atoms in total. The molecular formula is C13H11Cl2N3O2S. The molecule has 0 spiro atoms. The molecule has 0 aliphatic heterocycles. The van der Waals surface area contributed by atoms with Crippen molar-refractivity contribution in [3.8, 4) is 0 Å². The minimum Gasteiger partial charge on any atom is -0.248 e. The first-order valence-electron chi connectivity index (χ1n) is 5.82. The van der Waals surface area contributed by atoms with Gasteiger partial charge in [-0.05, 0) is 36.8 Å². The summed E-state index contributed by atoms with van der Waals surface area (Å²) >= 11 is 11.5. The zero-order valence-electron chi connectivity index (χ0n) is 10.9. The lowest BCUT2D eigenvalue weighted by atomic mass is 10.2. The number of nitrogens with zero attached hydrogens (tertiary/aromatic N) is 2. The molecule has 1 N–H and O–H groups in total. The van der Waals surface area contributed by atoms with E-state index < -0.39 is 10.0 Å². The van der Waals surface area contributed by atoms with Crippen LogP contribution in [0.1, 0.15) is 11.3 Å². The molecule has 0 saturated carbocycles. The first kappa shape index (κ1) is 15.8. The van der Waals surface area contributed by atoms with Gasteiger partial charge in [0.25, 0.3) is 10.0 Å². The van der Waals surface area contributed by atoms with E-state index in [4.69, 9.17) is 23.2 Å². The topological polar surface area (TPSA) is 72.0 Å². The van der Waals surface area contributed by atoms with Crippen molar-refractivity contribution in [2.45, 2.75) is 6.92 Å². The largest absolute Gasteiger partial charge is 0.257 e. The van der Waals surface area contributed by atoms with Crippen molar-refractivity contribution >= 4 is 45.2 Å². The molecule has 1 aromatic carbocycles. The predicted molar refractivity (Wildman–Crippen MR) is 84.8 cm³/mol. The number of aryl methyl sites for hydroxylation is 1.